The second-order valence-electron chi connectivity index (χ2n) is 4.81. The van der Waals surface area contributed by atoms with Crippen molar-refractivity contribution in [3.8, 4) is 0 Å². The molecule has 116 valence electrons. The lowest BCUT2D eigenvalue weighted by atomic mass is 10.1. The van der Waals surface area contributed by atoms with Crippen LogP contribution in [0, 0.1) is 0 Å². The Bertz CT molecular complexity index is 391. The minimum absolute atomic E-state index is 0.0200. The van der Waals surface area contributed by atoms with Crippen molar-refractivity contribution in [1.82, 2.24) is 9.78 Å². The van der Waals surface area contributed by atoms with E-state index in [0.717, 1.165) is 38.1 Å². The predicted octanol–water partition coefficient (Wildman–Crippen LogP) is 3.36. The molecule has 0 radical (unpaired) electrons. The highest BCUT2D eigenvalue weighted by atomic mass is 35.5. The van der Waals surface area contributed by atoms with Gasteiger partial charge in [0.15, 0.2) is 0 Å². The van der Waals surface area contributed by atoms with Gasteiger partial charge in [-0.1, -0.05) is 13.8 Å². The van der Waals surface area contributed by atoms with Crippen LogP contribution in [0.4, 0.5) is 0 Å². The summed E-state index contributed by atoms with van der Waals surface area (Å²) < 4.78 is 12.5. The van der Waals surface area contributed by atoms with E-state index in [0.29, 0.717) is 13.2 Å². The van der Waals surface area contributed by atoms with Gasteiger partial charge < -0.3 is 9.47 Å². The third-order valence-corrected chi connectivity index (χ3v) is 3.55. The van der Waals surface area contributed by atoms with Gasteiger partial charge in [-0.2, -0.15) is 5.10 Å². The fourth-order valence-electron chi connectivity index (χ4n) is 2.40. The molecule has 0 aliphatic heterocycles. The second kappa shape index (κ2) is 9.37. The maximum Gasteiger partial charge on any atom is 0.0700 e. The van der Waals surface area contributed by atoms with E-state index in [4.69, 9.17) is 26.2 Å². The quantitative estimate of drug-likeness (QED) is 0.491. The van der Waals surface area contributed by atoms with Crippen molar-refractivity contribution in [1.29, 1.82) is 0 Å². The van der Waals surface area contributed by atoms with E-state index < -0.39 is 0 Å². The smallest absolute Gasteiger partial charge is 0.0700 e. The van der Waals surface area contributed by atoms with Gasteiger partial charge in [0, 0.05) is 31.5 Å². The largest absolute Gasteiger partial charge is 0.382 e. The van der Waals surface area contributed by atoms with Crippen molar-refractivity contribution in [3.05, 3.63) is 17.0 Å². The van der Waals surface area contributed by atoms with Crippen molar-refractivity contribution in [2.45, 2.75) is 52.0 Å². The summed E-state index contributed by atoms with van der Waals surface area (Å²) in [6, 6.07) is 0. The molecule has 0 N–H and O–H groups in total. The number of methoxy groups -OCH3 is 1. The SMILES string of the molecule is CCc1nn(CCCOCCOC)c(CC)c1C(C)Cl. The van der Waals surface area contributed by atoms with Crippen LogP contribution in [-0.2, 0) is 28.9 Å². The van der Waals surface area contributed by atoms with Gasteiger partial charge in [0.1, 0.15) is 0 Å². The van der Waals surface area contributed by atoms with Crippen molar-refractivity contribution >= 4 is 11.6 Å². The average molecular weight is 303 g/mol. The fraction of sp³-hybridized carbons (Fsp3) is 0.800. The van der Waals surface area contributed by atoms with Crippen molar-refractivity contribution < 1.29 is 9.47 Å². The maximum absolute atomic E-state index is 6.31. The van der Waals surface area contributed by atoms with Crippen LogP contribution in [0.25, 0.3) is 0 Å². The fourth-order valence-corrected chi connectivity index (χ4v) is 2.66. The van der Waals surface area contributed by atoms with Gasteiger partial charge in [-0.3, -0.25) is 4.68 Å². The van der Waals surface area contributed by atoms with E-state index in [-0.39, 0.29) is 5.38 Å². The van der Waals surface area contributed by atoms with E-state index >= 15 is 0 Å². The van der Waals surface area contributed by atoms with Gasteiger partial charge in [-0.15, -0.1) is 11.6 Å². The Balaban J connectivity index is 2.61. The topological polar surface area (TPSA) is 36.3 Å². The maximum atomic E-state index is 6.31. The molecule has 0 saturated carbocycles. The summed E-state index contributed by atoms with van der Waals surface area (Å²) in [5.41, 5.74) is 3.61. The average Bonchev–Trinajstić information content (AvgIpc) is 2.80. The molecule has 0 amide bonds. The van der Waals surface area contributed by atoms with Gasteiger partial charge in [-0.25, -0.2) is 0 Å². The molecule has 1 atom stereocenters. The molecule has 0 aliphatic carbocycles. The minimum Gasteiger partial charge on any atom is -0.382 e. The number of hydrogen-bond acceptors (Lipinski definition) is 3. The van der Waals surface area contributed by atoms with Crippen LogP contribution in [0.5, 0.6) is 0 Å². The highest BCUT2D eigenvalue weighted by Gasteiger charge is 2.18. The molecule has 0 bridgehead atoms. The monoisotopic (exact) mass is 302 g/mol. The number of hydrogen-bond donors (Lipinski definition) is 0. The van der Waals surface area contributed by atoms with Crippen molar-refractivity contribution in [2.24, 2.45) is 0 Å². The summed E-state index contributed by atoms with van der Waals surface area (Å²) in [6.45, 7) is 9.23. The van der Waals surface area contributed by atoms with Gasteiger partial charge in [-0.05, 0) is 26.2 Å². The van der Waals surface area contributed by atoms with Crippen molar-refractivity contribution in [2.75, 3.05) is 26.9 Å². The lowest BCUT2D eigenvalue weighted by molar-refractivity contribution is 0.0676. The molecule has 0 aliphatic rings. The van der Waals surface area contributed by atoms with Gasteiger partial charge in [0.25, 0.3) is 0 Å². The molecule has 1 aromatic rings. The van der Waals surface area contributed by atoms with Crippen LogP contribution in [-0.4, -0.2) is 36.7 Å². The van der Waals surface area contributed by atoms with Crippen LogP contribution in [0.3, 0.4) is 0 Å². The first-order valence-electron chi connectivity index (χ1n) is 7.44. The molecule has 0 saturated heterocycles. The molecular weight excluding hydrogens is 276 g/mol. The molecule has 1 aromatic heterocycles. The molecule has 1 heterocycles. The van der Waals surface area contributed by atoms with E-state index in [1.807, 2.05) is 6.92 Å². The zero-order valence-corrected chi connectivity index (χ0v) is 13.9. The first-order valence-corrected chi connectivity index (χ1v) is 7.88. The molecule has 0 fully saturated rings. The van der Waals surface area contributed by atoms with Crippen LogP contribution >= 0.6 is 11.6 Å². The highest BCUT2D eigenvalue weighted by molar-refractivity contribution is 6.20. The molecule has 1 unspecified atom stereocenters. The standard InChI is InChI=1S/C15H27ClN2O2/c1-5-13-15(12(3)16)14(6-2)18(17-13)8-7-9-20-11-10-19-4/h12H,5-11H2,1-4H3. The Morgan fingerprint density at radius 2 is 1.95 bits per heavy atom. The minimum atomic E-state index is 0.0200. The first kappa shape index (κ1) is 17.5. The summed E-state index contributed by atoms with van der Waals surface area (Å²) in [7, 11) is 1.68. The molecule has 5 heteroatoms. The van der Waals surface area contributed by atoms with Gasteiger partial charge in [0.05, 0.1) is 24.3 Å². The number of nitrogens with zero attached hydrogens (tertiary/aromatic N) is 2. The molecule has 0 aromatic carbocycles. The molecule has 4 nitrogen and oxygen atoms in total. The van der Waals surface area contributed by atoms with E-state index in [1.54, 1.807) is 7.11 Å². The summed E-state index contributed by atoms with van der Waals surface area (Å²) in [6.07, 6.45) is 2.85. The van der Waals surface area contributed by atoms with E-state index in [1.165, 1.54) is 11.3 Å². The molecule has 20 heavy (non-hydrogen) atoms. The van der Waals surface area contributed by atoms with E-state index in [2.05, 4.69) is 18.5 Å². The van der Waals surface area contributed by atoms with Crippen LogP contribution in [0.15, 0.2) is 0 Å². The van der Waals surface area contributed by atoms with Crippen LogP contribution in [0.2, 0.25) is 0 Å². The summed E-state index contributed by atoms with van der Waals surface area (Å²) in [5.74, 6) is 0. The van der Waals surface area contributed by atoms with Gasteiger partial charge >= 0.3 is 0 Å². The number of rotatable bonds is 10. The normalized spacial score (nSPS) is 12.8. The zero-order chi connectivity index (χ0) is 15.0. The number of aryl methyl sites for hydroxylation is 2. The Morgan fingerprint density at radius 3 is 2.50 bits per heavy atom. The number of ether oxygens (including phenoxy) is 2. The van der Waals surface area contributed by atoms with Crippen molar-refractivity contribution in [3.63, 3.8) is 0 Å². The number of halogens is 1. The Labute approximate surface area is 127 Å². The van der Waals surface area contributed by atoms with Crippen LogP contribution in [0.1, 0.15) is 49.5 Å². The highest BCUT2D eigenvalue weighted by Crippen LogP contribution is 2.28. The Morgan fingerprint density at radius 1 is 1.20 bits per heavy atom. The number of alkyl halides is 1. The second-order valence-corrected chi connectivity index (χ2v) is 5.47. The Hall–Kier alpha value is -0.580. The molecule has 1 rings (SSSR count). The predicted molar refractivity (Wildman–Crippen MR) is 82.6 cm³/mol. The lowest BCUT2D eigenvalue weighted by Crippen LogP contribution is -2.09. The Kier molecular flexibility index (Phi) is 8.19. The molecular formula is C15H27ClN2O2. The van der Waals surface area contributed by atoms with E-state index in [9.17, 15) is 0 Å². The number of aromatic nitrogens is 2. The third-order valence-electron chi connectivity index (χ3n) is 3.33. The lowest BCUT2D eigenvalue weighted by Gasteiger charge is -2.09. The third kappa shape index (κ3) is 4.76. The zero-order valence-electron chi connectivity index (χ0n) is 13.1. The summed E-state index contributed by atoms with van der Waals surface area (Å²) >= 11 is 6.31. The van der Waals surface area contributed by atoms with Crippen LogP contribution < -0.4 is 0 Å². The summed E-state index contributed by atoms with van der Waals surface area (Å²) in [5, 5.41) is 4.73. The summed E-state index contributed by atoms with van der Waals surface area (Å²) in [4.78, 5) is 0. The molecule has 0 spiro atoms. The van der Waals surface area contributed by atoms with Gasteiger partial charge in [0.2, 0.25) is 0 Å². The first-order chi connectivity index (χ1) is 9.65.